The van der Waals surface area contributed by atoms with Crippen molar-refractivity contribution in [2.24, 2.45) is 0 Å². The van der Waals surface area contributed by atoms with Crippen LogP contribution in [0.2, 0.25) is 10.0 Å². The summed E-state index contributed by atoms with van der Waals surface area (Å²) < 4.78 is 17.1. The fourth-order valence-electron chi connectivity index (χ4n) is 3.07. The van der Waals surface area contributed by atoms with Crippen LogP contribution in [0.5, 0.6) is 11.5 Å². The van der Waals surface area contributed by atoms with E-state index < -0.39 is 18.2 Å². The topological polar surface area (TPSA) is 77.0 Å². The number of halogens is 2. The number of rotatable bonds is 5. The Balaban J connectivity index is 2.22. The lowest BCUT2D eigenvalue weighted by Gasteiger charge is -2.24. The monoisotopic (exact) mass is 441 g/mol. The molecule has 0 saturated heterocycles. The minimum absolute atomic E-state index is 0.265. The molecule has 1 aliphatic heterocycles. The number of fused-ring (bicyclic) bond motifs is 1. The lowest BCUT2D eigenvalue weighted by Crippen LogP contribution is -2.30. The average molecular weight is 442 g/mol. The Bertz CT molecular complexity index is 937. The van der Waals surface area contributed by atoms with E-state index in [0.29, 0.717) is 38.4 Å². The predicted octanol–water partition coefficient (Wildman–Crippen LogP) is 4.71. The molecular weight excluding hydrogens is 425 g/mol. The highest BCUT2D eigenvalue weighted by molar-refractivity contribution is 7.80. The molecule has 0 saturated carbocycles. The van der Waals surface area contributed by atoms with Crippen LogP contribution in [0.4, 0.5) is 5.69 Å². The van der Waals surface area contributed by atoms with Crippen LogP contribution in [0.3, 0.4) is 0 Å². The number of carboxylic acids is 1. The summed E-state index contributed by atoms with van der Waals surface area (Å²) in [6, 6.07) is 8.51. The summed E-state index contributed by atoms with van der Waals surface area (Å²) in [6.45, 7) is 0. The van der Waals surface area contributed by atoms with Gasteiger partial charge in [0.2, 0.25) is 0 Å². The molecule has 6 nitrogen and oxygen atoms in total. The Morgan fingerprint density at radius 3 is 2.54 bits per heavy atom. The fraction of sp³-hybridized carbons (Fsp3) is 0.263. The molecule has 9 heteroatoms. The van der Waals surface area contributed by atoms with Crippen LogP contribution in [0.15, 0.2) is 30.3 Å². The maximum atomic E-state index is 11.3. The number of carboxylic acid groups (broad SMARTS) is 1. The largest absolute Gasteiger partial charge is 0.493 e. The van der Waals surface area contributed by atoms with Crippen molar-refractivity contribution in [3.63, 3.8) is 0 Å². The third-order valence-corrected chi connectivity index (χ3v) is 5.08. The van der Waals surface area contributed by atoms with Gasteiger partial charge in [-0.3, -0.25) is 4.79 Å². The summed E-state index contributed by atoms with van der Waals surface area (Å²) in [5, 5.41) is 13.2. The number of hydrogen-bond donors (Lipinski definition) is 2. The molecule has 2 N–H and O–H groups in total. The standard InChI is InChI=1S/C19H17Cl2NO5S/c1-25-14-7-10(21)6-12(18(14)26-2)17-11-5-9(20)3-4-13(11)22-19(28)15(27-17)8-16(23)24/h3-7,15,17H,8H2,1-2H3,(H,22,28)(H,23,24)/t15-,17+/m0/s1. The van der Waals surface area contributed by atoms with Crippen molar-refractivity contribution in [3.05, 3.63) is 51.5 Å². The van der Waals surface area contributed by atoms with Crippen molar-refractivity contribution in [3.8, 4) is 11.5 Å². The van der Waals surface area contributed by atoms with E-state index in [9.17, 15) is 9.90 Å². The van der Waals surface area contributed by atoms with E-state index in [-0.39, 0.29) is 11.4 Å². The normalized spacial score (nSPS) is 18.6. The molecule has 28 heavy (non-hydrogen) atoms. The minimum atomic E-state index is -1.03. The van der Waals surface area contributed by atoms with Crippen LogP contribution >= 0.6 is 35.4 Å². The van der Waals surface area contributed by atoms with Crippen molar-refractivity contribution < 1.29 is 24.1 Å². The highest BCUT2D eigenvalue weighted by Crippen LogP contribution is 2.45. The highest BCUT2D eigenvalue weighted by Gasteiger charge is 2.33. The predicted molar refractivity (Wildman–Crippen MR) is 111 cm³/mol. The number of methoxy groups -OCH3 is 2. The number of anilines is 1. The summed E-state index contributed by atoms with van der Waals surface area (Å²) >= 11 is 17.8. The number of carbonyl (C=O) groups is 1. The zero-order valence-corrected chi connectivity index (χ0v) is 17.3. The number of ether oxygens (including phenoxy) is 3. The summed E-state index contributed by atoms with van der Waals surface area (Å²) in [7, 11) is 3.00. The second kappa shape index (κ2) is 8.53. The molecule has 3 rings (SSSR count). The molecule has 0 aromatic heterocycles. The van der Waals surface area contributed by atoms with Crippen LogP contribution in [0.1, 0.15) is 23.7 Å². The first kappa shape index (κ1) is 20.7. The lowest BCUT2D eigenvalue weighted by atomic mass is 9.98. The van der Waals surface area contributed by atoms with Gasteiger partial charge in [0.15, 0.2) is 11.5 Å². The van der Waals surface area contributed by atoms with Crippen molar-refractivity contribution in [2.45, 2.75) is 18.6 Å². The van der Waals surface area contributed by atoms with Crippen LogP contribution in [-0.2, 0) is 9.53 Å². The molecule has 0 radical (unpaired) electrons. The molecule has 2 atom stereocenters. The van der Waals surface area contributed by atoms with E-state index >= 15 is 0 Å². The van der Waals surface area contributed by atoms with Gasteiger partial charge in [0, 0.05) is 32.9 Å². The molecule has 1 heterocycles. The van der Waals surface area contributed by atoms with Crippen molar-refractivity contribution >= 4 is 52.1 Å². The maximum absolute atomic E-state index is 11.3. The Kier molecular flexibility index (Phi) is 6.30. The zero-order chi connectivity index (χ0) is 20.4. The van der Waals surface area contributed by atoms with Gasteiger partial charge in [-0.15, -0.1) is 0 Å². The first-order chi connectivity index (χ1) is 13.3. The molecule has 2 aromatic rings. The van der Waals surface area contributed by atoms with Crippen LogP contribution in [0.25, 0.3) is 0 Å². The Labute approximate surface area is 177 Å². The average Bonchev–Trinajstić information content (AvgIpc) is 2.77. The molecule has 0 spiro atoms. The van der Waals surface area contributed by atoms with E-state index in [0.717, 1.165) is 0 Å². The first-order valence-corrected chi connectivity index (χ1v) is 9.39. The van der Waals surface area contributed by atoms with Gasteiger partial charge >= 0.3 is 5.97 Å². The van der Waals surface area contributed by atoms with Gasteiger partial charge in [0.1, 0.15) is 17.2 Å². The molecule has 0 fully saturated rings. The second-order valence-electron chi connectivity index (χ2n) is 6.05. The summed E-state index contributed by atoms with van der Waals surface area (Å²) in [4.78, 5) is 11.6. The maximum Gasteiger partial charge on any atom is 0.306 e. The van der Waals surface area contributed by atoms with Gasteiger partial charge in [-0.25, -0.2) is 0 Å². The SMILES string of the molecule is COc1cc(Cl)cc([C@@H]2O[C@@H](CC(=O)O)C(=S)Nc3ccc(Cl)cc32)c1OC. The van der Waals surface area contributed by atoms with Crippen LogP contribution < -0.4 is 14.8 Å². The lowest BCUT2D eigenvalue weighted by molar-refractivity contribution is -0.139. The molecule has 2 aromatic carbocycles. The molecule has 148 valence electrons. The van der Waals surface area contributed by atoms with Crippen molar-refractivity contribution in [2.75, 3.05) is 19.5 Å². The Morgan fingerprint density at radius 1 is 1.18 bits per heavy atom. The van der Waals surface area contributed by atoms with E-state index in [1.165, 1.54) is 14.2 Å². The van der Waals surface area contributed by atoms with E-state index in [2.05, 4.69) is 5.32 Å². The molecular formula is C19H17Cl2NO5S. The number of aliphatic carboxylic acids is 1. The number of thiocarbonyl (C=S) groups is 1. The fourth-order valence-corrected chi connectivity index (χ4v) is 3.72. The van der Waals surface area contributed by atoms with E-state index in [4.69, 9.17) is 49.6 Å². The van der Waals surface area contributed by atoms with Crippen LogP contribution in [-0.4, -0.2) is 36.4 Å². The minimum Gasteiger partial charge on any atom is -0.493 e. The molecule has 0 amide bonds. The second-order valence-corrected chi connectivity index (χ2v) is 7.37. The van der Waals surface area contributed by atoms with Crippen LogP contribution in [0, 0.1) is 0 Å². The summed E-state index contributed by atoms with van der Waals surface area (Å²) in [6.07, 6.45) is -1.91. The number of nitrogens with one attached hydrogen (secondary N) is 1. The van der Waals surface area contributed by atoms with Gasteiger partial charge in [0.25, 0.3) is 0 Å². The van der Waals surface area contributed by atoms with Gasteiger partial charge in [-0.05, 0) is 24.3 Å². The number of hydrogen-bond acceptors (Lipinski definition) is 5. The molecule has 0 bridgehead atoms. The summed E-state index contributed by atoms with van der Waals surface area (Å²) in [5.41, 5.74) is 1.90. The quantitative estimate of drug-likeness (QED) is 0.650. The summed E-state index contributed by atoms with van der Waals surface area (Å²) in [5.74, 6) is -0.191. The smallest absolute Gasteiger partial charge is 0.306 e. The third-order valence-electron chi connectivity index (χ3n) is 4.26. The van der Waals surface area contributed by atoms with E-state index in [1.54, 1.807) is 30.3 Å². The third kappa shape index (κ3) is 4.17. The van der Waals surface area contributed by atoms with Gasteiger partial charge in [-0.2, -0.15) is 0 Å². The molecule has 0 unspecified atom stereocenters. The number of benzene rings is 2. The van der Waals surface area contributed by atoms with Crippen molar-refractivity contribution in [1.29, 1.82) is 0 Å². The molecule has 0 aliphatic carbocycles. The first-order valence-electron chi connectivity index (χ1n) is 8.23. The molecule has 1 aliphatic rings. The Hall–Kier alpha value is -2.06. The zero-order valence-electron chi connectivity index (χ0n) is 15.0. The van der Waals surface area contributed by atoms with Gasteiger partial charge in [0.05, 0.1) is 20.6 Å². The van der Waals surface area contributed by atoms with E-state index in [1.807, 2.05) is 0 Å². The highest BCUT2D eigenvalue weighted by atomic mass is 35.5. The van der Waals surface area contributed by atoms with Crippen molar-refractivity contribution in [1.82, 2.24) is 0 Å². The van der Waals surface area contributed by atoms with Gasteiger partial charge < -0.3 is 24.6 Å². The Morgan fingerprint density at radius 2 is 1.89 bits per heavy atom. The van der Waals surface area contributed by atoms with Gasteiger partial charge in [-0.1, -0.05) is 35.4 Å².